The maximum Gasteiger partial charge on any atom is 0.0918 e. The molecule has 2 aliphatic heterocycles. The minimum Gasteiger partial charge on any atom is -0.376 e. The number of piperidine rings is 1. The van der Waals surface area contributed by atoms with Gasteiger partial charge < -0.3 is 10.1 Å². The van der Waals surface area contributed by atoms with Crippen LogP contribution in [0.2, 0.25) is 5.02 Å². The van der Waals surface area contributed by atoms with Gasteiger partial charge in [-0.15, -0.1) is 0 Å². The van der Waals surface area contributed by atoms with Gasteiger partial charge in [-0.2, -0.15) is 5.10 Å². The van der Waals surface area contributed by atoms with Gasteiger partial charge in [-0.1, -0.05) is 30.5 Å². The highest BCUT2D eigenvalue weighted by Gasteiger charge is 2.33. The van der Waals surface area contributed by atoms with E-state index in [1.165, 1.54) is 5.69 Å². The van der Waals surface area contributed by atoms with Crippen LogP contribution < -0.4 is 10.0 Å². The van der Waals surface area contributed by atoms with Crippen LogP contribution >= 0.6 is 23.5 Å². The van der Waals surface area contributed by atoms with E-state index in [0.29, 0.717) is 18.8 Å². The maximum atomic E-state index is 6.52. The van der Waals surface area contributed by atoms with E-state index in [1.54, 1.807) is 11.9 Å². The Balaban J connectivity index is 1.76. The van der Waals surface area contributed by atoms with Crippen molar-refractivity contribution in [2.75, 3.05) is 26.0 Å². The molecule has 1 aromatic rings. The van der Waals surface area contributed by atoms with E-state index in [0.717, 1.165) is 55.9 Å². The monoisotopic (exact) mass is 358 g/mol. The van der Waals surface area contributed by atoms with Gasteiger partial charge in [0.15, 0.2) is 0 Å². The number of fused-ring (bicyclic) bond motifs is 1. The topological polar surface area (TPSA) is 51.1 Å². The molecule has 1 saturated heterocycles. The number of halogens is 1. The van der Waals surface area contributed by atoms with Crippen LogP contribution in [-0.2, 0) is 17.6 Å². The summed E-state index contributed by atoms with van der Waals surface area (Å²) >= 11 is 8.20. The molecular weight excluding hydrogens is 332 g/mol. The number of ether oxygens (including phenoxy) is 1. The highest BCUT2D eigenvalue weighted by molar-refractivity contribution is 7.96. The number of nitrogens with zero attached hydrogens (tertiary/aromatic N) is 2. The summed E-state index contributed by atoms with van der Waals surface area (Å²) in [6.07, 6.45) is 7.58. The van der Waals surface area contributed by atoms with E-state index in [4.69, 9.17) is 21.4 Å². The van der Waals surface area contributed by atoms with Gasteiger partial charge in [0, 0.05) is 6.04 Å². The number of rotatable bonds is 6. The number of hydrogen-bond donors (Lipinski definition) is 2. The molecule has 0 bridgehead atoms. The molecule has 1 fully saturated rings. The molecule has 0 spiro atoms. The molecule has 0 saturated carbocycles. The van der Waals surface area contributed by atoms with Crippen molar-refractivity contribution < 1.29 is 4.74 Å². The summed E-state index contributed by atoms with van der Waals surface area (Å²) in [5.74, 6) is 0. The quantitative estimate of drug-likeness (QED) is 0.765. The summed E-state index contributed by atoms with van der Waals surface area (Å²) in [6, 6.07) is 0.596. The average molecular weight is 359 g/mol. The van der Waals surface area contributed by atoms with Crippen LogP contribution in [0, 0.1) is 0 Å². The number of nitrogens with one attached hydrogen (secondary N) is 2. The van der Waals surface area contributed by atoms with Crippen LogP contribution in [0.5, 0.6) is 0 Å². The standard InChI is InChI=1S/C16H27ClN4OS/c1-3-12-16(17)14-5-4-13(20-23-2)15(21(14)19-12)10-22-11-6-8-18-9-7-11/h11,13,15,18,20H,3-10H2,1-2H3. The third-order valence-electron chi connectivity index (χ3n) is 4.88. The Bertz CT molecular complexity index is 518. The first-order valence-corrected chi connectivity index (χ1v) is 10.2. The van der Waals surface area contributed by atoms with Gasteiger partial charge in [0.05, 0.1) is 35.2 Å². The second kappa shape index (κ2) is 8.21. The zero-order valence-corrected chi connectivity index (χ0v) is 15.6. The molecule has 130 valence electrons. The predicted molar refractivity (Wildman–Crippen MR) is 96.3 cm³/mol. The molecule has 3 heterocycles. The highest BCUT2D eigenvalue weighted by atomic mass is 35.5. The van der Waals surface area contributed by atoms with E-state index in [1.807, 2.05) is 0 Å². The van der Waals surface area contributed by atoms with Crippen LogP contribution in [0.15, 0.2) is 0 Å². The molecule has 23 heavy (non-hydrogen) atoms. The van der Waals surface area contributed by atoms with Crippen molar-refractivity contribution in [3.63, 3.8) is 0 Å². The highest BCUT2D eigenvalue weighted by Crippen LogP contribution is 2.33. The Morgan fingerprint density at radius 1 is 1.39 bits per heavy atom. The Morgan fingerprint density at radius 2 is 2.17 bits per heavy atom. The lowest BCUT2D eigenvalue weighted by Gasteiger charge is -2.34. The average Bonchev–Trinajstić information content (AvgIpc) is 2.91. The van der Waals surface area contributed by atoms with E-state index in [-0.39, 0.29) is 6.04 Å². The van der Waals surface area contributed by atoms with Crippen LogP contribution in [0.4, 0.5) is 0 Å². The van der Waals surface area contributed by atoms with Crippen LogP contribution in [-0.4, -0.2) is 47.9 Å². The fourth-order valence-corrected chi connectivity index (χ4v) is 4.48. The van der Waals surface area contributed by atoms with Crippen molar-refractivity contribution in [2.24, 2.45) is 0 Å². The Labute approximate surface area is 148 Å². The normalized spacial score (nSPS) is 25.5. The minimum absolute atomic E-state index is 0.221. The first kappa shape index (κ1) is 17.5. The lowest BCUT2D eigenvalue weighted by Crippen LogP contribution is -2.43. The van der Waals surface area contributed by atoms with E-state index >= 15 is 0 Å². The summed E-state index contributed by atoms with van der Waals surface area (Å²) < 4.78 is 11.9. The van der Waals surface area contributed by atoms with Gasteiger partial charge >= 0.3 is 0 Å². The summed E-state index contributed by atoms with van der Waals surface area (Å²) in [4.78, 5) is 0. The lowest BCUT2D eigenvalue weighted by molar-refractivity contribution is 0.00322. The molecule has 2 aliphatic rings. The molecule has 3 rings (SSSR count). The van der Waals surface area contributed by atoms with Gasteiger partial charge in [-0.05, 0) is 51.4 Å². The summed E-state index contributed by atoms with van der Waals surface area (Å²) in [7, 11) is 0. The third kappa shape index (κ3) is 3.87. The van der Waals surface area contributed by atoms with E-state index in [2.05, 4.69) is 27.9 Å². The number of aryl methyl sites for hydroxylation is 1. The van der Waals surface area contributed by atoms with E-state index in [9.17, 15) is 0 Å². The second-order valence-corrected chi connectivity index (χ2v) is 7.34. The van der Waals surface area contributed by atoms with Crippen molar-refractivity contribution in [2.45, 2.75) is 57.2 Å². The van der Waals surface area contributed by atoms with Gasteiger partial charge in [0.2, 0.25) is 0 Å². The van der Waals surface area contributed by atoms with Crippen molar-refractivity contribution in [1.82, 2.24) is 19.8 Å². The predicted octanol–water partition coefficient (Wildman–Crippen LogP) is 2.59. The second-order valence-electron chi connectivity index (χ2n) is 6.32. The number of hydrogen-bond acceptors (Lipinski definition) is 5. The van der Waals surface area contributed by atoms with Crippen LogP contribution in [0.3, 0.4) is 0 Å². The van der Waals surface area contributed by atoms with Gasteiger partial charge in [0.1, 0.15) is 0 Å². The molecule has 1 aromatic heterocycles. The van der Waals surface area contributed by atoms with E-state index < -0.39 is 0 Å². The van der Waals surface area contributed by atoms with Crippen molar-refractivity contribution in [3.8, 4) is 0 Å². The van der Waals surface area contributed by atoms with Crippen LogP contribution in [0.1, 0.15) is 43.6 Å². The number of aromatic nitrogens is 2. The minimum atomic E-state index is 0.221. The van der Waals surface area contributed by atoms with Crippen molar-refractivity contribution in [1.29, 1.82) is 0 Å². The summed E-state index contributed by atoms with van der Waals surface area (Å²) in [5, 5.41) is 9.04. The molecule has 0 amide bonds. The van der Waals surface area contributed by atoms with Gasteiger partial charge in [-0.25, -0.2) is 0 Å². The van der Waals surface area contributed by atoms with Crippen molar-refractivity contribution in [3.05, 3.63) is 16.4 Å². The molecule has 0 aliphatic carbocycles. The van der Waals surface area contributed by atoms with Gasteiger partial charge in [-0.3, -0.25) is 9.40 Å². The molecule has 7 heteroatoms. The third-order valence-corrected chi connectivity index (χ3v) is 5.85. The Kier molecular flexibility index (Phi) is 6.26. The SMILES string of the molecule is CCc1nn2c(c1Cl)CCC(NSC)C2COC1CCNCC1. The first-order valence-electron chi connectivity index (χ1n) is 8.61. The molecule has 0 aromatic carbocycles. The fraction of sp³-hybridized carbons (Fsp3) is 0.812. The zero-order valence-electron chi connectivity index (χ0n) is 14.0. The Hall–Kier alpha value is -0.270. The summed E-state index contributed by atoms with van der Waals surface area (Å²) in [5.41, 5.74) is 2.19. The molecule has 2 N–H and O–H groups in total. The molecule has 0 radical (unpaired) electrons. The molecule has 2 unspecified atom stereocenters. The zero-order chi connectivity index (χ0) is 16.2. The van der Waals surface area contributed by atoms with Gasteiger partial charge in [0.25, 0.3) is 0 Å². The Morgan fingerprint density at radius 3 is 2.87 bits per heavy atom. The van der Waals surface area contributed by atoms with Crippen molar-refractivity contribution >= 4 is 23.5 Å². The largest absolute Gasteiger partial charge is 0.376 e. The maximum absolute atomic E-state index is 6.52. The molecule has 5 nitrogen and oxygen atoms in total. The smallest absolute Gasteiger partial charge is 0.0918 e. The molecule has 2 atom stereocenters. The first-order chi connectivity index (χ1) is 11.2. The fourth-order valence-electron chi connectivity index (χ4n) is 3.55. The lowest BCUT2D eigenvalue weighted by atomic mass is 9.98. The van der Waals surface area contributed by atoms with Crippen LogP contribution in [0.25, 0.3) is 0 Å². The summed E-state index contributed by atoms with van der Waals surface area (Å²) in [6.45, 7) is 4.93. The molecular formula is C16H27ClN4OS.